The van der Waals surface area contributed by atoms with Crippen molar-refractivity contribution < 1.29 is 4.79 Å². The van der Waals surface area contributed by atoms with Crippen LogP contribution in [0.25, 0.3) is 0 Å². The molecular weight excluding hydrogens is 260 g/mol. The maximum absolute atomic E-state index is 12.1. The zero-order chi connectivity index (χ0) is 15.1. The number of carbonyl (C=O) groups is 1. The van der Waals surface area contributed by atoms with Crippen LogP contribution in [0, 0.1) is 0 Å². The molecule has 0 aliphatic carbocycles. The van der Waals surface area contributed by atoms with Gasteiger partial charge in [-0.3, -0.25) is 4.79 Å². The van der Waals surface area contributed by atoms with Gasteiger partial charge in [0, 0.05) is 19.3 Å². The number of likely N-dealkylation sites (N-methyl/N-ethyl adjacent to an activating group) is 1. The van der Waals surface area contributed by atoms with Gasteiger partial charge in [0.1, 0.15) is 0 Å². The van der Waals surface area contributed by atoms with E-state index in [4.69, 9.17) is 5.73 Å². The largest absolute Gasteiger partial charge is 0.399 e. The van der Waals surface area contributed by atoms with E-state index in [1.54, 1.807) is 4.90 Å². The molecule has 2 N–H and O–H groups in total. The summed E-state index contributed by atoms with van der Waals surface area (Å²) in [5.74, 6) is 0.146. The van der Waals surface area contributed by atoms with Crippen LogP contribution in [0.5, 0.6) is 0 Å². The molecule has 0 spiro atoms. The van der Waals surface area contributed by atoms with Crippen LogP contribution in [-0.2, 0) is 17.6 Å². The summed E-state index contributed by atoms with van der Waals surface area (Å²) in [7, 11) is 1.87. The van der Waals surface area contributed by atoms with Gasteiger partial charge in [-0.25, -0.2) is 0 Å². The molecule has 2 aromatic carbocycles. The van der Waals surface area contributed by atoms with Gasteiger partial charge in [0.25, 0.3) is 0 Å². The van der Waals surface area contributed by atoms with E-state index in [2.05, 4.69) is 12.1 Å². The number of amides is 1. The minimum absolute atomic E-state index is 0.146. The summed E-state index contributed by atoms with van der Waals surface area (Å²) in [5, 5.41) is 0. The number of carbonyl (C=O) groups excluding carboxylic acids is 1. The van der Waals surface area contributed by atoms with E-state index in [0.29, 0.717) is 6.42 Å². The van der Waals surface area contributed by atoms with Crippen LogP contribution in [0.3, 0.4) is 0 Å². The van der Waals surface area contributed by atoms with Crippen LogP contribution in [0.4, 0.5) is 5.69 Å². The molecule has 3 heteroatoms. The third-order valence-electron chi connectivity index (χ3n) is 3.56. The van der Waals surface area contributed by atoms with Crippen molar-refractivity contribution in [1.82, 2.24) is 4.90 Å². The summed E-state index contributed by atoms with van der Waals surface area (Å²) >= 11 is 0. The van der Waals surface area contributed by atoms with Gasteiger partial charge in [-0.05, 0) is 36.1 Å². The lowest BCUT2D eigenvalue weighted by Gasteiger charge is -2.17. The zero-order valence-electron chi connectivity index (χ0n) is 12.5. The number of benzene rings is 2. The lowest BCUT2D eigenvalue weighted by Crippen LogP contribution is -2.29. The van der Waals surface area contributed by atoms with Crippen molar-refractivity contribution in [3.63, 3.8) is 0 Å². The molecule has 1 amide bonds. The maximum atomic E-state index is 12.1. The first-order valence-electron chi connectivity index (χ1n) is 7.27. The molecule has 3 nitrogen and oxygen atoms in total. The van der Waals surface area contributed by atoms with Crippen LogP contribution >= 0.6 is 0 Å². The number of rotatable bonds is 6. The first-order valence-corrected chi connectivity index (χ1v) is 7.27. The number of hydrogen-bond acceptors (Lipinski definition) is 2. The standard InChI is InChI=1S/C18H22N2O/c1-20(13-5-8-15-6-3-2-4-7-15)18(21)14-16-9-11-17(19)12-10-16/h2-4,6-7,9-12H,5,8,13-14,19H2,1H3. The molecule has 0 heterocycles. The van der Waals surface area contributed by atoms with Crippen molar-refractivity contribution in [3.05, 3.63) is 65.7 Å². The van der Waals surface area contributed by atoms with Gasteiger partial charge in [0.15, 0.2) is 0 Å². The second-order valence-corrected chi connectivity index (χ2v) is 5.32. The molecular formula is C18H22N2O. The van der Waals surface area contributed by atoms with Crippen LogP contribution in [-0.4, -0.2) is 24.4 Å². The van der Waals surface area contributed by atoms with Crippen molar-refractivity contribution in [3.8, 4) is 0 Å². The number of hydrogen-bond donors (Lipinski definition) is 1. The molecule has 0 fully saturated rings. The van der Waals surface area contributed by atoms with Crippen LogP contribution in [0.1, 0.15) is 17.5 Å². The molecule has 0 aliphatic heterocycles. The first-order chi connectivity index (χ1) is 10.1. The van der Waals surface area contributed by atoms with Gasteiger partial charge in [-0.1, -0.05) is 42.5 Å². The van der Waals surface area contributed by atoms with Crippen molar-refractivity contribution in [2.45, 2.75) is 19.3 Å². The van der Waals surface area contributed by atoms with E-state index < -0.39 is 0 Å². The normalized spacial score (nSPS) is 10.3. The number of nitrogens with two attached hydrogens (primary N) is 1. The van der Waals surface area contributed by atoms with E-state index in [1.165, 1.54) is 5.56 Å². The van der Waals surface area contributed by atoms with E-state index in [-0.39, 0.29) is 5.91 Å². The summed E-state index contributed by atoms with van der Waals surface area (Å²) in [6, 6.07) is 17.8. The summed E-state index contributed by atoms with van der Waals surface area (Å²) < 4.78 is 0. The Labute approximate surface area is 126 Å². The topological polar surface area (TPSA) is 46.3 Å². The molecule has 2 aromatic rings. The summed E-state index contributed by atoms with van der Waals surface area (Å²) in [5.41, 5.74) is 8.69. The fraction of sp³-hybridized carbons (Fsp3) is 0.278. The van der Waals surface area contributed by atoms with Gasteiger partial charge in [-0.2, -0.15) is 0 Å². The monoisotopic (exact) mass is 282 g/mol. The predicted molar refractivity (Wildman–Crippen MR) is 87.0 cm³/mol. The molecule has 0 radical (unpaired) electrons. The summed E-state index contributed by atoms with van der Waals surface area (Å²) in [6.07, 6.45) is 2.41. The minimum atomic E-state index is 0.146. The van der Waals surface area contributed by atoms with Crippen molar-refractivity contribution in [2.24, 2.45) is 0 Å². The summed E-state index contributed by atoms with van der Waals surface area (Å²) in [4.78, 5) is 13.9. The maximum Gasteiger partial charge on any atom is 0.226 e. The molecule has 0 aliphatic rings. The van der Waals surface area contributed by atoms with E-state index in [1.807, 2.05) is 49.5 Å². The highest BCUT2D eigenvalue weighted by Crippen LogP contribution is 2.08. The highest BCUT2D eigenvalue weighted by Gasteiger charge is 2.09. The van der Waals surface area contributed by atoms with E-state index in [9.17, 15) is 4.79 Å². The molecule has 0 bridgehead atoms. The Morgan fingerprint density at radius 2 is 1.67 bits per heavy atom. The van der Waals surface area contributed by atoms with Gasteiger partial charge < -0.3 is 10.6 Å². The van der Waals surface area contributed by atoms with E-state index >= 15 is 0 Å². The highest BCUT2D eigenvalue weighted by molar-refractivity contribution is 5.78. The van der Waals surface area contributed by atoms with E-state index in [0.717, 1.165) is 30.6 Å². The Hall–Kier alpha value is -2.29. The lowest BCUT2D eigenvalue weighted by atomic mass is 10.1. The molecule has 0 atom stereocenters. The molecule has 110 valence electrons. The third-order valence-corrected chi connectivity index (χ3v) is 3.56. The quantitative estimate of drug-likeness (QED) is 0.828. The van der Waals surface area contributed by atoms with Crippen molar-refractivity contribution in [1.29, 1.82) is 0 Å². The van der Waals surface area contributed by atoms with Crippen LogP contribution in [0.2, 0.25) is 0 Å². The van der Waals surface area contributed by atoms with Crippen molar-refractivity contribution >= 4 is 11.6 Å². The molecule has 21 heavy (non-hydrogen) atoms. The molecule has 0 unspecified atom stereocenters. The SMILES string of the molecule is CN(CCCc1ccccc1)C(=O)Cc1ccc(N)cc1. The average molecular weight is 282 g/mol. The number of aryl methyl sites for hydroxylation is 1. The molecule has 0 aromatic heterocycles. The second-order valence-electron chi connectivity index (χ2n) is 5.32. The Morgan fingerprint density at radius 1 is 1.00 bits per heavy atom. The van der Waals surface area contributed by atoms with Crippen LogP contribution in [0.15, 0.2) is 54.6 Å². The number of nitrogen functional groups attached to an aromatic ring is 1. The second kappa shape index (κ2) is 7.48. The van der Waals surface area contributed by atoms with Crippen molar-refractivity contribution in [2.75, 3.05) is 19.3 Å². The Bertz CT molecular complexity index is 564. The molecule has 0 saturated carbocycles. The fourth-order valence-electron chi connectivity index (χ4n) is 2.23. The van der Waals surface area contributed by atoms with Gasteiger partial charge in [-0.15, -0.1) is 0 Å². The predicted octanol–water partition coefficient (Wildman–Crippen LogP) is 2.90. The first kappa shape index (κ1) is 15.1. The minimum Gasteiger partial charge on any atom is -0.399 e. The molecule has 0 saturated heterocycles. The lowest BCUT2D eigenvalue weighted by molar-refractivity contribution is -0.129. The van der Waals surface area contributed by atoms with Gasteiger partial charge >= 0.3 is 0 Å². The fourth-order valence-corrected chi connectivity index (χ4v) is 2.23. The van der Waals surface area contributed by atoms with Gasteiger partial charge in [0.2, 0.25) is 5.91 Å². The average Bonchev–Trinajstić information content (AvgIpc) is 2.50. The zero-order valence-corrected chi connectivity index (χ0v) is 12.5. The highest BCUT2D eigenvalue weighted by atomic mass is 16.2. The summed E-state index contributed by atoms with van der Waals surface area (Å²) in [6.45, 7) is 0.780. The Morgan fingerprint density at radius 3 is 2.33 bits per heavy atom. The van der Waals surface area contributed by atoms with Crippen LogP contribution < -0.4 is 5.73 Å². The number of nitrogens with zero attached hydrogens (tertiary/aromatic N) is 1. The molecule has 2 rings (SSSR count). The Balaban J connectivity index is 1.76. The Kier molecular flexibility index (Phi) is 5.38. The van der Waals surface area contributed by atoms with Gasteiger partial charge in [0.05, 0.1) is 6.42 Å². The number of anilines is 1. The smallest absolute Gasteiger partial charge is 0.226 e. The third kappa shape index (κ3) is 4.95.